The maximum Gasteiger partial charge on any atom is 0.414 e. The highest BCUT2D eigenvalue weighted by atomic mass is 16.5. The van der Waals surface area contributed by atoms with E-state index in [2.05, 4.69) is 10.6 Å². The standard InChI is InChI=1S/C16H20N2O4.C2H2O4/c19-13(12-22-14-5-2-1-3-6-14)11-17-8-9-18-16(20)15-7-4-10-21-15;3-1(4)2(5)6/h1-7,10,13,17,19H,8-9,11-12H2,(H,18,20);(H,3,4)(H,5,6). The Bertz CT molecular complexity index is 706. The largest absolute Gasteiger partial charge is 0.491 e. The Labute approximate surface area is 160 Å². The normalized spacial score (nSPS) is 10.9. The van der Waals surface area contributed by atoms with Crippen LogP contribution in [0, 0.1) is 0 Å². The van der Waals surface area contributed by atoms with Crippen LogP contribution in [-0.2, 0) is 9.59 Å². The van der Waals surface area contributed by atoms with E-state index in [1.165, 1.54) is 6.26 Å². The average Bonchev–Trinajstić information content (AvgIpc) is 3.22. The van der Waals surface area contributed by atoms with Gasteiger partial charge in [-0.3, -0.25) is 4.79 Å². The lowest BCUT2D eigenvalue weighted by molar-refractivity contribution is -0.159. The Kier molecular flexibility index (Phi) is 10.4. The van der Waals surface area contributed by atoms with Crippen LogP contribution in [0.3, 0.4) is 0 Å². The number of benzene rings is 1. The fraction of sp³-hybridized carbons (Fsp3) is 0.278. The van der Waals surface area contributed by atoms with E-state index in [1.807, 2.05) is 30.3 Å². The van der Waals surface area contributed by atoms with E-state index in [1.54, 1.807) is 12.1 Å². The molecule has 0 spiro atoms. The van der Waals surface area contributed by atoms with Crippen molar-refractivity contribution in [2.45, 2.75) is 6.10 Å². The molecule has 0 radical (unpaired) electrons. The van der Waals surface area contributed by atoms with Gasteiger partial charge in [-0.15, -0.1) is 0 Å². The number of aliphatic hydroxyl groups excluding tert-OH is 1. The lowest BCUT2D eigenvalue weighted by Gasteiger charge is -2.13. The van der Waals surface area contributed by atoms with Crippen LogP contribution < -0.4 is 15.4 Å². The summed E-state index contributed by atoms with van der Waals surface area (Å²) in [6.45, 7) is 1.61. The second-order valence-corrected chi connectivity index (χ2v) is 5.33. The fourth-order valence-electron chi connectivity index (χ4n) is 1.80. The molecule has 1 heterocycles. The SMILES string of the molecule is O=C(NCCNCC(O)COc1ccccc1)c1ccco1.O=C(O)C(=O)O. The molecule has 1 unspecified atom stereocenters. The molecule has 1 atom stereocenters. The number of hydrogen-bond donors (Lipinski definition) is 5. The summed E-state index contributed by atoms with van der Waals surface area (Å²) in [6.07, 6.45) is 0.844. The lowest BCUT2D eigenvalue weighted by Crippen LogP contribution is -2.37. The molecule has 0 bridgehead atoms. The van der Waals surface area contributed by atoms with Gasteiger partial charge in [-0.2, -0.15) is 0 Å². The number of ether oxygens (including phenoxy) is 1. The summed E-state index contributed by atoms with van der Waals surface area (Å²) in [4.78, 5) is 29.8. The Hall–Kier alpha value is -3.37. The van der Waals surface area contributed by atoms with Gasteiger partial charge in [0.25, 0.3) is 5.91 Å². The Balaban J connectivity index is 0.000000568. The van der Waals surface area contributed by atoms with E-state index in [0.29, 0.717) is 19.6 Å². The maximum atomic E-state index is 11.6. The van der Waals surface area contributed by atoms with E-state index in [-0.39, 0.29) is 18.3 Å². The zero-order valence-electron chi connectivity index (χ0n) is 14.9. The molecule has 28 heavy (non-hydrogen) atoms. The monoisotopic (exact) mass is 394 g/mol. The molecule has 0 saturated heterocycles. The highest BCUT2D eigenvalue weighted by molar-refractivity contribution is 6.27. The summed E-state index contributed by atoms with van der Waals surface area (Å²) in [7, 11) is 0. The van der Waals surface area contributed by atoms with Crippen molar-refractivity contribution in [3.63, 3.8) is 0 Å². The fourth-order valence-corrected chi connectivity index (χ4v) is 1.80. The van der Waals surface area contributed by atoms with Crippen LogP contribution in [0.4, 0.5) is 0 Å². The first-order chi connectivity index (χ1) is 13.4. The number of aliphatic carboxylic acids is 2. The van der Waals surface area contributed by atoms with Gasteiger partial charge in [-0.05, 0) is 24.3 Å². The molecular formula is C18H22N2O8. The number of furan rings is 1. The van der Waals surface area contributed by atoms with Gasteiger partial charge in [0.2, 0.25) is 0 Å². The predicted octanol–water partition coefficient (Wildman–Crippen LogP) is 0.194. The van der Waals surface area contributed by atoms with Crippen molar-refractivity contribution in [3.8, 4) is 5.75 Å². The molecular weight excluding hydrogens is 372 g/mol. The van der Waals surface area contributed by atoms with Crippen molar-refractivity contribution in [1.82, 2.24) is 10.6 Å². The van der Waals surface area contributed by atoms with Crippen molar-refractivity contribution in [1.29, 1.82) is 0 Å². The number of carboxylic acid groups (broad SMARTS) is 2. The molecule has 2 rings (SSSR count). The van der Waals surface area contributed by atoms with Crippen LogP contribution in [0.25, 0.3) is 0 Å². The highest BCUT2D eigenvalue weighted by Crippen LogP contribution is 2.08. The zero-order chi connectivity index (χ0) is 20.8. The molecule has 0 aliphatic rings. The van der Waals surface area contributed by atoms with E-state index in [9.17, 15) is 9.90 Å². The van der Waals surface area contributed by atoms with E-state index in [0.717, 1.165) is 5.75 Å². The molecule has 152 valence electrons. The molecule has 2 aromatic rings. The van der Waals surface area contributed by atoms with Crippen molar-refractivity contribution in [2.75, 3.05) is 26.2 Å². The van der Waals surface area contributed by atoms with Crippen LogP contribution in [0.1, 0.15) is 10.6 Å². The van der Waals surface area contributed by atoms with Crippen LogP contribution in [0.5, 0.6) is 5.75 Å². The summed E-state index contributed by atoms with van der Waals surface area (Å²) < 4.78 is 10.4. The topological polar surface area (TPSA) is 158 Å². The smallest absolute Gasteiger partial charge is 0.414 e. The molecule has 1 amide bonds. The van der Waals surface area contributed by atoms with Gasteiger partial charge in [0.15, 0.2) is 5.76 Å². The van der Waals surface area contributed by atoms with Crippen molar-refractivity contribution >= 4 is 17.8 Å². The number of para-hydroxylation sites is 1. The summed E-state index contributed by atoms with van der Waals surface area (Å²) in [5.74, 6) is -2.88. The van der Waals surface area contributed by atoms with Gasteiger partial charge < -0.3 is 35.1 Å². The number of rotatable bonds is 9. The van der Waals surface area contributed by atoms with Crippen LogP contribution in [0.15, 0.2) is 53.1 Å². The second-order valence-electron chi connectivity index (χ2n) is 5.33. The van der Waals surface area contributed by atoms with E-state index in [4.69, 9.17) is 29.0 Å². The van der Waals surface area contributed by atoms with Crippen LogP contribution in [-0.4, -0.2) is 65.5 Å². The Morgan fingerprint density at radius 2 is 1.68 bits per heavy atom. The first-order valence-corrected chi connectivity index (χ1v) is 8.24. The summed E-state index contributed by atoms with van der Waals surface area (Å²) >= 11 is 0. The third-order valence-electron chi connectivity index (χ3n) is 3.08. The minimum atomic E-state index is -1.82. The summed E-state index contributed by atoms with van der Waals surface area (Å²) in [5, 5.41) is 30.3. The molecule has 10 nitrogen and oxygen atoms in total. The number of carbonyl (C=O) groups excluding carboxylic acids is 1. The van der Waals surface area contributed by atoms with Gasteiger partial charge in [-0.25, -0.2) is 9.59 Å². The zero-order valence-corrected chi connectivity index (χ0v) is 14.9. The summed E-state index contributed by atoms with van der Waals surface area (Å²) in [6, 6.07) is 12.6. The van der Waals surface area contributed by atoms with Gasteiger partial charge in [0.1, 0.15) is 18.5 Å². The molecule has 0 aliphatic carbocycles. The van der Waals surface area contributed by atoms with Crippen molar-refractivity contribution in [3.05, 3.63) is 54.5 Å². The molecule has 0 aliphatic heterocycles. The quantitative estimate of drug-likeness (QED) is 0.296. The number of nitrogens with one attached hydrogen (secondary N) is 2. The minimum absolute atomic E-state index is 0.218. The number of carbonyl (C=O) groups is 3. The third-order valence-corrected chi connectivity index (χ3v) is 3.08. The maximum absolute atomic E-state index is 11.6. The number of hydrogen-bond acceptors (Lipinski definition) is 7. The van der Waals surface area contributed by atoms with Crippen LogP contribution in [0.2, 0.25) is 0 Å². The second kappa shape index (κ2) is 12.9. The van der Waals surface area contributed by atoms with E-state index < -0.39 is 18.0 Å². The predicted molar refractivity (Wildman–Crippen MR) is 97.1 cm³/mol. The van der Waals surface area contributed by atoms with Gasteiger partial charge in [-0.1, -0.05) is 18.2 Å². The van der Waals surface area contributed by atoms with E-state index >= 15 is 0 Å². The van der Waals surface area contributed by atoms with Gasteiger partial charge in [0.05, 0.1) is 6.26 Å². The first kappa shape index (κ1) is 22.7. The first-order valence-electron chi connectivity index (χ1n) is 8.24. The van der Waals surface area contributed by atoms with Crippen molar-refractivity contribution in [2.24, 2.45) is 0 Å². The molecule has 0 saturated carbocycles. The van der Waals surface area contributed by atoms with Crippen molar-refractivity contribution < 1.29 is 38.9 Å². The third kappa shape index (κ3) is 9.94. The molecule has 0 fully saturated rings. The van der Waals surface area contributed by atoms with Gasteiger partial charge >= 0.3 is 11.9 Å². The number of aliphatic hydroxyl groups is 1. The number of amides is 1. The molecule has 1 aromatic heterocycles. The summed E-state index contributed by atoms with van der Waals surface area (Å²) in [5.41, 5.74) is 0. The lowest BCUT2D eigenvalue weighted by atomic mass is 10.3. The van der Waals surface area contributed by atoms with Gasteiger partial charge in [0, 0.05) is 19.6 Å². The molecule has 10 heteroatoms. The average molecular weight is 394 g/mol. The Morgan fingerprint density at radius 3 is 2.25 bits per heavy atom. The minimum Gasteiger partial charge on any atom is -0.491 e. The number of carboxylic acids is 2. The molecule has 5 N–H and O–H groups in total. The highest BCUT2D eigenvalue weighted by Gasteiger charge is 2.08. The van der Waals surface area contributed by atoms with Crippen LogP contribution >= 0.6 is 0 Å². The Morgan fingerprint density at radius 1 is 1.00 bits per heavy atom. The molecule has 1 aromatic carbocycles.